The Labute approximate surface area is 108 Å². The third kappa shape index (κ3) is 2.34. The van der Waals surface area contributed by atoms with Gasteiger partial charge in [0.1, 0.15) is 5.82 Å². The van der Waals surface area contributed by atoms with Crippen LogP contribution < -0.4 is 10.6 Å². The number of hydrogen-bond acceptors (Lipinski definition) is 3. The molecule has 98 valence electrons. The maximum Gasteiger partial charge on any atom is 0.106 e. The van der Waals surface area contributed by atoms with Crippen molar-refractivity contribution < 1.29 is 0 Å². The van der Waals surface area contributed by atoms with Crippen molar-refractivity contribution >= 4 is 16.7 Å². The number of fused-ring (bicyclic) bond motifs is 1. The minimum atomic E-state index is 0.496. The highest BCUT2D eigenvalue weighted by atomic mass is 15.1. The zero-order chi connectivity index (χ0) is 13.3. The van der Waals surface area contributed by atoms with Crippen LogP contribution in [0.25, 0.3) is 11.0 Å². The number of aryl methyl sites for hydroxylation is 2. The highest BCUT2D eigenvalue weighted by Crippen LogP contribution is 2.22. The molecule has 0 aliphatic carbocycles. The first kappa shape index (κ1) is 12.9. The molecule has 2 rings (SSSR count). The zero-order valence-corrected chi connectivity index (χ0v) is 11.6. The molecule has 0 saturated carbocycles. The highest BCUT2D eigenvalue weighted by Gasteiger charge is 2.09. The standard InChI is InChI=1S/C14H22N4/c1-10(8-15)9-17(3)12-5-6-14-13(7-12)16-11(2)18(14)4/h5-7,10H,8-9,15H2,1-4H3. The Morgan fingerprint density at radius 3 is 2.83 bits per heavy atom. The molecule has 2 aromatic rings. The van der Waals surface area contributed by atoms with Crippen molar-refractivity contribution in [2.45, 2.75) is 13.8 Å². The third-order valence-electron chi connectivity index (χ3n) is 3.52. The second-order valence-corrected chi connectivity index (χ2v) is 5.11. The van der Waals surface area contributed by atoms with E-state index in [9.17, 15) is 0 Å². The van der Waals surface area contributed by atoms with E-state index in [0.29, 0.717) is 5.92 Å². The number of aromatic nitrogens is 2. The van der Waals surface area contributed by atoms with Gasteiger partial charge in [-0.2, -0.15) is 0 Å². The average Bonchev–Trinajstić information content (AvgIpc) is 2.64. The van der Waals surface area contributed by atoms with E-state index in [2.05, 4.69) is 46.6 Å². The summed E-state index contributed by atoms with van der Waals surface area (Å²) in [6.45, 7) is 5.88. The number of hydrogen-bond donors (Lipinski definition) is 1. The highest BCUT2D eigenvalue weighted by molar-refractivity contribution is 5.80. The summed E-state index contributed by atoms with van der Waals surface area (Å²) < 4.78 is 2.11. The first-order valence-corrected chi connectivity index (χ1v) is 6.37. The van der Waals surface area contributed by atoms with Crippen LogP contribution in [0.5, 0.6) is 0 Å². The van der Waals surface area contributed by atoms with Gasteiger partial charge in [-0.05, 0) is 37.6 Å². The van der Waals surface area contributed by atoms with Crippen LogP contribution in [0.1, 0.15) is 12.7 Å². The molecule has 1 atom stereocenters. The van der Waals surface area contributed by atoms with Crippen LogP contribution >= 0.6 is 0 Å². The lowest BCUT2D eigenvalue weighted by molar-refractivity contribution is 0.590. The van der Waals surface area contributed by atoms with Gasteiger partial charge in [0.05, 0.1) is 11.0 Å². The third-order valence-corrected chi connectivity index (χ3v) is 3.52. The van der Waals surface area contributed by atoms with E-state index < -0.39 is 0 Å². The van der Waals surface area contributed by atoms with Gasteiger partial charge in [-0.1, -0.05) is 6.92 Å². The van der Waals surface area contributed by atoms with Crippen LogP contribution in [0.3, 0.4) is 0 Å². The molecule has 0 aliphatic rings. The van der Waals surface area contributed by atoms with Gasteiger partial charge >= 0.3 is 0 Å². The number of rotatable bonds is 4. The van der Waals surface area contributed by atoms with E-state index in [1.807, 2.05) is 14.0 Å². The predicted octanol–water partition coefficient (Wildman–Crippen LogP) is 1.91. The van der Waals surface area contributed by atoms with Gasteiger partial charge < -0.3 is 15.2 Å². The summed E-state index contributed by atoms with van der Waals surface area (Å²) in [5.41, 5.74) is 9.10. The van der Waals surface area contributed by atoms with Gasteiger partial charge in [-0.15, -0.1) is 0 Å². The molecule has 0 saturated heterocycles. The predicted molar refractivity (Wildman–Crippen MR) is 76.9 cm³/mol. The minimum Gasteiger partial charge on any atom is -0.374 e. The maximum absolute atomic E-state index is 5.67. The Morgan fingerprint density at radius 1 is 1.44 bits per heavy atom. The topological polar surface area (TPSA) is 47.1 Å². The molecule has 18 heavy (non-hydrogen) atoms. The monoisotopic (exact) mass is 246 g/mol. The van der Waals surface area contributed by atoms with Gasteiger partial charge in [-0.25, -0.2) is 4.98 Å². The van der Waals surface area contributed by atoms with Gasteiger partial charge in [0, 0.05) is 26.3 Å². The second-order valence-electron chi connectivity index (χ2n) is 5.11. The van der Waals surface area contributed by atoms with Gasteiger partial charge in [-0.3, -0.25) is 0 Å². The van der Waals surface area contributed by atoms with Crippen LogP contribution in [0, 0.1) is 12.8 Å². The first-order chi connectivity index (χ1) is 8.52. The fourth-order valence-corrected chi connectivity index (χ4v) is 2.19. The molecule has 1 aromatic heterocycles. The molecular weight excluding hydrogens is 224 g/mol. The zero-order valence-electron chi connectivity index (χ0n) is 11.6. The van der Waals surface area contributed by atoms with Crippen LogP contribution in [-0.2, 0) is 7.05 Å². The quantitative estimate of drug-likeness (QED) is 0.896. The first-order valence-electron chi connectivity index (χ1n) is 6.37. The Bertz CT molecular complexity index is 544. The second kappa shape index (κ2) is 4.98. The van der Waals surface area contributed by atoms with Crippen molar-refractivity contribution in [2.75, 3.05) is 25.0 Å². The van der Waals surface area contributed by atoms with E-state index in [4.69, 9.17) is 5.73 Å². The van der Waals surface area contributed by atoms with Gasteiger partial charge in [0.2, 0.25) is 0 Å². The Balaban J connectivity index is 2.29. The maximum atomic E-state index is 5.67. The van der Waals surface area contributed by atoms with Crippen LogP contribution in [0.4, 0.5) is 5.69 Å². The fourth-order valence-electron chi connectivity index (χ4n) is 2.19. The minimum absolute atomic E-state index is 0.496. The normalized spacial score (nSPS) is 12.9. The molecule has 2 N–H and O–H groups in total. The van der Waals surface area contributed by atoms with E-state index in [0.717, 1.165) is 24.4 Å². The molecule has 1 heterocycles. The molecular formula is C14H22N4. The number of nitrogens with zero attached hydrogens (tertiary/aromatic N) is 3. The average molecular weight is 246 g/mol. The van der Waals surface area contributed by atoms with Crippen LogP contribution in [0.2, 0.25) is 0 Å². The molecule has 0 amide bonds. The Hall–Kier alpha value is -1.55. The van der Waals surface area contributed by atoms with E-state index in [-0.39, 0.29) is 0 Å². The molecule has 1 aromatic carbocycles. The van der Waals surface area contributed by atoms with Crippen molar-refractivity contribution in [3.05, 3.63) is 24.0 Å². The molecule has 4 heteroatoms. The number of benzene rings is 1. The molecule has 0 bridgehead atoms. The summed E-state index contributed by atoms with van der Waals surface area (Å²) in [4.78, 5) is 6.80. The van der Waals surface area contributed by atoms with Crippen molar-refractivity contribution in [1.29, 1.82) is 0 Å². The SMILES string of the molecule is Cc1nc2cc(N(C)CC(C)CN)ccc2n1C. The largest absolute Gasteiger partial charge is 0.374 e. The summed E-state index contributed by atoms with van der Waals surface area (Å²) in [6.07, 6.45) is 0. The molecule has 0 spiro atoms. The van der Waals surface area contributed by atoms with Gasteiger partial charge in [0.25, 0.3) is 0 Å². The summed E-state index contributed by atoms with van der Waals surface area (Å²) >= 11 is 0. The Kier molecular flexibility index (Phi) is 3.57. The number of nitrogens with two attached hydrogens (primary N) is 1. The molecule has 1 unspecified atom stereocenters. The van der Waals surface area contributed by atoms with Gasteiger partial charge in [0.15, 0.2) is 0 Å². The summed E-state index contributed by atoms with van der Waals surface area (Å²) in [5, 5.41) is 0. The summed E-state index contributed by atoms with van der Waals surface area (Å²) in [5.74, 6) is 1.54. The lowest BCUT2D eigenvalue weighted by Crippen LogP contribution is -2.28. The van der Waals surface area contributed by atoms with E-state index >= 15 is 0 Å². The molecule has 4 nitrogen and oxygen atoms in total. The number of anilines is 1. The molecule has 0 radical (unpaired) electrons. The van der Waals surface area contributed by atoms with Crippen molar-refractivity contribution in [1.82, 2.24) is 9.55 Å². The lowest BCUT2D eigenvalue weighted by atomic mass is 10.1. The lowest BCUT2D eigenvalue weighted by Gasteiger charge is -2.22. The summed E-state index contributed by atoms with van der Waals surface area (Å²) in [6, 6.07) is 6.42. The Morgan fingerprint density at radius 2 is 2.17 bits per heavy atom. The van der Waals surface area contributed by atoms with E-state index in [1.165, 1.54) is 11.2 Å². The summed E-state index contributed by atoms with van der Waals surface area (Å²) in [7, 11) is 4.15. The fraction of sp³-hybridized carbons (Fsp3) is 0.500. The van der Waals surface area contributed by atoms with Crippen LogP contribution in [0.15, 0.2) is 18.2 Å². The van der Waals surface area contributed by atoms with Crippen molar-refractivity contribution in [2.24, 2.45) is 18.7 Å². The van der Waals surface area contributed by atoms with Crippen LogP contribution in [-0.4, -0.2) is 29.7 Å². The van der Waals surface area contributed by atoms with Crippen molar-refractivity contribution in [3.8, 4) is 0 Å². The molecule has 0 fully saturated rings. The smallest absolute Gasteiger partial charge is 0.106 e. The molecule has 0 aliphatic heterocycles. The van der Waals surface area contributed by atoms with E-state index in [1.54, 1.807) is 0 Å². The number of imidazole rings is 1. The van der Waals surface area contributed by atoms with Crippen molar-refractivity contribution in [3.63, 3.8) is 0 Å².